The van der Waals surface area contributed by atoms with Gasteiger partial charge in [0.1, 0.15) is 13.2 Å². The molecule has 0 heterocycles. The van der Waals surface area contributed by atoms with Crippen LogP contribution in [0.15, 0.2) is 60.8 Å². The first-order chi connectivity index (χ1) is 41.0. The zero-order chi connectivity index (χ0) is 59.9. The molecule has 0 amide bonds. The minimum absolute atomic E-state index is 0.0686. The molecule has 1 atom stereocenters. The van der Waals surface area contributed by atoms with E-state index in [-0.39, 0.29) is 31.1 Å². The maximum Gasteiger partial charge on any atom is 0.306 e. The first-order valence-corrected chi connectivity index (χ1v) is 36.8. The van der Waals surface area contributed by atoms with Gasteiger partial charge in [-0.25, -0.2) is 0 Å². The summed E-state index contributed by atoms with van der Waals surface area (Å²) in [5.41, 5.74) is 0. The zero-order valence-electron chi connectivity index (χ0n) is 55.7. The van der Waals surface area contributed by atoms with Gasteiger partial charge in [-0.1, -0.05) is 351 Å². The summed E-state index contributed by atoms with van der Waals surface area (Å²) >= 11 is 0. The Kier molecular flexibility index (Phi) is 69.1. The molecular weight excluding hydrogens is 1020 g/mol. The summed E-state index contributed by atoms with van der Waals surface area (Å²) < 4.78 is 17.0. The number of unbranched alkanes of at least 4 members (excludes halogenated alkanes) is 47. The first-order valence-electron chi connectivity index (χ1n) is 36.8. The number of hydrogen-bond acceptors (Lipinski definition) is 6. The van der Waals surface area contributed by atoms with Crippen molar-refractivity contribution >= 4 is 17.9 Å². The van der Waals surface area contributed by atoms with Gasteiger partial charge in [0.2, 0.25) is 0 Å². The molecular formula is C77H140O6. The number of ether oxygens (including phenoxy) is 3. The predicted molar refractivity (Wildman–Crippen MR) is 362 cm³/mol. The third kappa shape index (κ3) is 69.8. The SMILES string of the molecule is CC/C=C\C/C=C\C/C=C\C/C=C\CCCCCCCCCCCCCCCCCCCCCCCCC(=O)OCC(COC(=O)CCCCCCCCCCCCCCC)OC(=O)CCCCCCCCC/C=C\CCCCCCCC. The molecule has 6 nitrogen and oxygen atoms in total. The molecule has 0 aromatic heterocycles. The molecule has 0 aliphatic heterocycles. The molecule has 0 N–H and O–H groups in total. The molecule has 0 aromatic carbocycles. The molecule has 484 valence electrons. The van der Waals surface area contributed by atoms with Crippen LogP contribution in [0.2, 0.25) is 0 Å². The molecule has 0 spiro atoms. The molecule has 0 rings (SSSR count). The van der Waals surface area contributed by atoms with Crippen molar-refractivity contribution in [2.45, 2.75) is 399 Å². The Hall–Kier alpha value is -2.89. The molecule has 0 saturated heterocycles. The van der Waals surface area contributed by atoms with Crippen LogP contribution in [-0.2, 0) is 28.6 Å². The van der Waals surface area contributed by atoms with E-state index < -0.39 is 6.10 Å². The van der Waals surface area contributed by atoms with Crippen LogP contribution in [0, 0.1) is 0 Å². The molecule has 0 fully saturated rings. The van der Waals surface area contributed by atoms with Gasteiger partial charge in [-0.3, -0.25) is 14.4 Å². The van der Waals surface area contributed by atoms with Crippen LogP contribution in [0.25, 0.3) is 0 Å². The van der Waals surface area contributed by atoms with E-state index in [0.717, 1.165) is 83.5 Å². The van der Waals surface area contributed by atoms with Gasteiger partial charge in [-0.2, -0.15) is 0 Å². The highest BCUT2D eigenvalue weighted by Crippen LogP contribution is 2.19. The summed E-state index contributed by atoms with van der Waals surface area (Å²) in [5, 5.41) is 0. The lowest BCUT2D eigenvalue weighted by Crippen LogP contribution is -2.30. The van der Waals surface area contributed by atoms with E-state index in [9.17, 15) is 14.4 Å². The Balaban J connectivity index is 4.09. The summed E-state index contributed by atoms with van der Waals surface area (Å²) in [6, 6.07) is 0. The quantitative estimate of drug-likeness (QED) is 0.0261. The Bertz CT molecular complexity index is 1470. The topological polar surface area (TPSA) is 78.9 Å². The van der Waals surface area contributed by atoms with Crippen molar-refractivity contribution in [3.8, 4) is 0 Å². The summed E-state index contributed by atoms with van der Waals surface area (Å²) in [5.74, 6) is -0.845. The van der Waals surface area contributed by atoms with E-state index in [1.54, 1.807) is 0 Å². The van der Waals surface area contributed by atoms with E-state index in [2.05, 4.69) is 81.5 Å². The van der Waals surface area contributed by atoms with Gasteiger partial charge in [-0.15, -0.1) is 0 Å². The highest BCUT2D eigenvalue weighted by Gasteiger charge is 2.19. The monoisotopic (exact) mass is 1160 g/mol. The van der Waals surface area contributed by atoms with Crippen molar-refractivity contribution < 1.29 is 28.6 Å². The number of carbonyl (C=O) groups excluding carboxylic acids is 3. The van der Waals surface area contributed by atoms with Gasteiger partial charge in [0.05, 0.1) is 0 Å². The van der Waals surface area contributed by atoms with E-state index in [1.165, 1.54) is 270 Å². The highest BCUT2D eigenvalue weighted by atomic mass is 16.6. The Morgan fingerprint density at radius 3 is 0.747 bits per heavy atom. The Morgan fingerprint density at radius 2 is 0.470 bits per heavy atom. The van der Waals surface area contributed by atoms with Gasteiger partial charge < -0.3 is 14.2 Å². The molecule has 0 aromatic rings. The smallest absolute Gasteiger partial charge is 0.306 e. The van der Waals surface area contributed by atoms with Crippen LogP contribution in [-0.4, -0.2) is 37.2 Å². The Morgan fingerprint density at radius 1 is 0.253 bits per heavy atom. The van der Waals surface area contributed by atoms with E-state index in [4.69, 9.17) is 14.2 Å². The van der Waals surface area contributed by atoms with Crippen molar-refractivity contribution in [1.82, 2.24) is 0 Å². The van der Waals surface area contributed by atoms with Crippen LogP contribution >= 0.6 is 0 Å². The predicted octanol–water partition coefficient (Wildman–Crippen LogP) is 25.5. The zero-order valence-corrected chi connectivity index (χ0v) is 55.7. The lowest BCUT2D eigenvalue weighted by molar-refractivity contribution is -0.167. The second kappa shape index (κ2) is 71.6. The fourth-order valence-corrected chi connectivity index (χ4v) is 11.0. The molecule has 1 unspecified atom stereocenters. The van der Waals surface area contributed by atoms with Crippen molar-refractivity contribution in [2.24, 2.45) is 0 Å². The van der Waals surface area contributed by atoms with Crippen molar-refractivity contribution in [3.05, 3.63) is 60.8 Å². The minimum Gasteiger partial charge on any atom is -0.462 e. The van der Waals surface area contributed by atoms with Crippen LogP contribution in [0.4, 0.5) is 0 Å². The van der Waals surface area contributed by atoms with E-state index in [1.807, 2.05) is 0 Å². The molecule has 0 bridgehead atoms. The Labute approximate surface area is 517 Å². The van der Waals surface area contributed by atoms with Gasteiger partial charge >= 0.3 is 17.9 Å². The maximum atomic E-state index is 12.9. The summed E-state index contributed by atoms with van der Waals surface area (Å²) in [7, 11) is 0. The molecule has 0 aliphatic carbocycles. The van der Waals surface area contributed by atoms with Crippen LogP contribution < -0.4 is 0 Å². The van der Waals surface area contributed by atoms with Crippen molar-refractivity contribution in [3.63, 3.8) is 0 Å². The third-order valence-electron chi connectivity index (χ3n) is 16.5. The number of allylic oxidation sites excluding steroid dienone is 10. The molecule has 83 heavy (non-hydrogen) atoms. The molecule has 0 saturated carbocycles. The summed E-state index contributed by atoms with van der Waals surface area (Å²) in [6.07, 6.45) is 92.7. The van der Waals surface area contributed by atoms with Gasteiger partial charge in [0, 0.05) is 19.3 Å². The maximum absolute atomic E-state index is 12.9. The van der Waals surface area contributed by atoms with Gasteiger partial charge in [0.15, 0.2) is 6.10 Å². The highest BCUT2D eigenvalue weighted by molar-refractivity contribution is 5.71. The number of esters is 3. The van der Waals surface area contributed by atoms with Crippen LogP contribution in [0.3, 0.4) is 0 Å². The number of hydrogen-bond donors (Lipinski definition) is 0. The average Bonchev–Trinajstić information content (AvgIpc) is 3.49. The summed E-state index contributed by atoms with van der Waals surface area (Å²) in [4.78, 5) is 38.4. The molecule has 0 aliphatic rings. The third-order valence-corrected chi connectivity index (χ3v) is 16.5. The van der Waals surface area contributed by atoms with E-state index in [0.29, 0.717) is 19.3 Å². The van der Waals surface area contributed by atoms with Gasteiger partial charge in [-0.05, 0) is 83.5 Å². The average molecular weight is 1160 g/mol. The van der Waals surface area contributed by atoms with Crippen molar-refractivity contribution in [2.75, 3.05) is 13.2 Å². The van der Waals surface area contributed by atoms with Crippen LogP contribution in [0.1, 0.15) is 393 Å². The van der Waals surface area contributed by atoms with E-state index >= 15 is 0 Å². The second-order valence-corrected chi connectivity index (χ2v) is 24.8. The lowest BCUT2D eigenvalue weighted by atomic mass is 10.0. The minimum atomic E-state index is -0.772. The molecule has 6 heteroatoms. The summed E-state index contributed by atoms with van der Waals surface area (Å²) in [6.45, 7) is 6.58. The second-order valence-electron chi connectivity index (χ2n) is 24.8. The lowest BCUT2D eigenvalue weighted by Gasteiger charge is -2.18. The van der Waals surface area contributed by atoms with Crippen LogP contribution in [0.5, 0.6) is 0 Å². The number of carbonyl (C=O) groups is 3. The first kappa shape index (κ1) is 80.1. The molecule has 0 radical (unpaired) electrons. The standard InChI is InChI=1S/C77H140O6/c1-4-7-10-13-16-19-22-25-27-29-30-31-32-33-34-35-36-37-38-39-40-41-42-43-44-45-46-48-49-52-55-58-61-64-67-70-76(79)82-73-74(72-81-75(78)69-66-63-60-57-54-51-24-21-18-15-12-9-6-3)83-77(80)71-68-65-62-59-56-53-50-47-28-26-23-20-17-14-11-8-5-2/h7,10,16,19,25-28,30-31,74H,4-6,8-9,11-15,17-18,20-24,29,32-73H2,1-3H3/b10-7-,19-16-,27-25-,28-26-,31-30-. The number of rotatable bonds is 68. The normalized spacial score (nSPS) is 12.4. The fraction of sp³-hybridized carbons (Fsp3) is 0.831. The van der Waals surface area contributed by atoms with Crippen molar-refractivity contribution in [1.29, 1.82) is 0 Å². The fourth-order valence-electron chi connectivity index (χ4n) is 11.0. The van der Waals surface area contributed by atoms with Gasteiger partial charge in [0.25, 0.3) is 0 Å². The largest absolute Gasteiger partial charge is 0.462 e.